The van der Waals surface area contributed by atoms with Crippen molar-refractivity contribution in [2.75, 3.05) is 19.4 Å². The van der Waals surface area contributed by atoms with Crippen LogP contribution in [0.1, 0.15) is 24.5 Å². The second-order valence-corrected chi connectivity index (χ2v) is 5.57. The van der Waals surface area contributed by atoms with Crippen LogP contribution in [0, 0.1) is 6.92 Å². The summed E-state index contributed by atoms with van der Waals surface area (Å²) >= 11 is 1.85. The molecule has 0 aliphatic rings. The van der Waals surface area contributed by atoms with E-state index >= 15 is 0 Å². The Hall–Kier alpha value is -1.00. The lowest BCUT2D eigenvalue weighted by molar-refractivity contribution is -0.143. The van der Waals surface area contributed by atoms with Crippen LogP contribution < -0.4 is 5.32 Å². The first-order chi connectivity index (χ1) is 9.17. The summed E-state index contributed by atoms with van der Waals surface area (Å²) in [6.45, 7) is 4.88. The summed E-state index contributed by atoms with van der Waals surface area (Å²) in [6.07, 6.45) is 0.803. The zero-order chi connectivity index (χ0) is 14.1. The van der Waals surface area contributed by atoms with Crippen LogP contribution in [0.4, 0.5) is 0 Å². The summed E-state index contributed by atoms with van der Waals surface area (Å²) in [6, 6.07) is 8.35. The third kappa shape index (κ3) is 6.12. The molecule has 3 nitrogen and oxygen atoms in total. The highest BCUT2D eigenvalue weighted by molar-refractivity contribution is 7.98. The molecule has 0 saturated carbocycles. The summed E-state index contributed by atoms with van der Waals surface area (Å²) in [5, 5.41) is 3.15. The van der Waals surface area contributed by atoms with E-state index < -0.39 is 0 Å². The van der Waals surface area contributed by atoms with E-state index in [9.17, 15) is 4.79 Å². The second kappa shape index (κ2) is 8.99. The molecule has 1 aromatic carbocycles. The Morgan fingerprint density at radius 1 is 1.47 bits per heavy atom. The fourth-order valence-electron chi connectivity index (χ4n) is 1.89. The van der Waals surface area contributed by atoms with E-state index in [1.165, 1.54) is 18.2 Å². The fourth-order valence-corrected chi connectivity index (χ4v) is 2.85. The predicted molar refractivity (Wildman–Crippen MR) is 81.4 cm³/mol. The number of rotatable bonds is 8. The number of thioether (sulfide) groups is 1. The molecule has 1 rings (SSSR count). The standard InChI is InChI=1S/C15H23NO2S/c1-4-16-14(15(17)18-3)8-9-19-11-13-7-5-6-12(2)10-13/h5-7,10,14,16H,4,8-9,11H2,1-3H3. The van der Waals surface area contributed by atoms with Crippen LogP contribution >= 0.6 is 11.8 Å². The average molecular weight is 281 g/mol. The van der Waals surface area contributed by atoms with Crippen LogP contribution in [-0.4, -0.2) is 31.4 Å². The zero-order valence-electron chi connectivity index (χ0n) is 11.9. The molecule has 0 bridgehead atoms. The van der Waals surface area contributed by atoms with Crippen LogP contribution in [0.25, 0.3) is 0 Å². The number of nitrogens with one attached hydrogen (secondary N) is 1. The number of ether oxygens (including phenoxy) is 1. The van der Waals surface area contributed by atoms with Crippen molar-refractivity contribution in [3.63, 3.8) is 0 Å². The van der Waals surface area contributed by atoms with Crippen LogP contribution in [-0.2, 0) is 15.3 Å². The zero-order valence-corrected chi connectivity index (χ0v) is 12.8. The minimum atomic E-state index is -0.181. The maximum Gasteiger partial charge on any atom is 0.322 e. The molecule has 0 saturated heterocycles. The van der Waals surface area contributed by atoms with Gasteiger partial charge in [0.1, 0.15) is 6.04 Å². The van der Waals surface area contributed by atoms with Gasteiger partial charge in [-0.1, -0.05) is 36.8 Å². The maximum absolute atomic E-state index is 11.5. The van der Waals surface area contributed by atoms with Crippen molar-refractivity contribution in [2.24, 2.45) is 0 Å². The third-order valence-corrected chi connectivity index (χ3v) is 3.90. The van der Waals surface area contributed by atoms with Gasteiger partial charge in [-0.2, -0.15) is 11.8 Å². The number of carbonyl (C=O) groups excluding carboxylic acids is 1. The number of aryl methyl sites for hydroxylation is 1. The quantitative estimate of drug-likeness (QED) is 0.587. The van der Waals surface area contributed by atoms with Crippen molar-refractivity contribution >= 4 is 17.7 Å². The maximum atomic E-state index is 11.5. The van der Waals surface area contributed by atoms with Gasteiger partial charge in [0, 0.05) is 5.75 Å². The Kier molecular flexibility index (Phi) is 7.60. The van der Waals surface area contributed by atoms with Gasteiger partial charge in [-0.25, -0.2) is 0 Å². The molecule has 1 N–H and O–H groups in total. The number of esters is 1. The van der Waals surface area contributed by atoms with E-state index in [0.29, 0.717) is 0 Å². The third-order valence-electron chi connectivity index (χ3n) is 2.84. The monoisotopic (exact) mass is 281 g/mol. The summed E-state index contributed by atoms with van der Waals surface area (Å²) in [5.41, 5.74) is 2.63. The number of methoxy groups -OCH3 is 1. The SMILES string of the molecule is CCNC(CCSCc1cccc(C)c1)C(=O)OC. The van der Waals surface area contributed by atoms with Gasteiger partial charge in [0.25, 0.3) is 0 Å². The summed E-state index contributed by atoms with van der Waals surface area (Å²) in [5.74, 6) is 1.76. The second-order valence-electron chi connectivity index (χ2n) is 4.46. The highest BCUT2D eigenvalue weighted by atomic mass is 32.2. The lowest BCUT2D eigenvalue weighted by atomic mass is 10.2. The van der Waals surface area contributed by atoms with Gasteiger partial charge < -0.3 is 10.1 Å². The van der Waals surface area contributed by atoms with Crippen molar-refractivity contribution in [2.45, 2.75) is 32.1 Å². The predicted octanol–water partition coefficient (Wildman–Crippen LogP) is 2.77. The van der Waals surface area contributed by atoms with Crippen LogP contribution in [0.15, 0.2) is 24.3 Å². The van der Waals surface area contributed by atoms with Crippen molar-refractivity contribution in [3.05, 3.63) is 35.4 Å². The van der Waals surface area contributed by atoms with E-state index in [4.69, 9.17) is 4.74 Å². The summed E-state index contributed by atoms with van der Waals surface area (Å²) in [4.78, 5) is 11.5. The normalized spacial score (nSPS) is 12.2. The van der Waals surface area contributed by atoms with Crippen molar-refractivity contribution in [1.82, 2.24) is 5.32 Å². The van der Waals surface area contributed by atoms with Crippen LogP contribution in [0.2, 0.25) is 0 Å². The molecule has 0 radical (unpaired) electrons. The van der Waals surface area contributed by atoms with Gasteiger partial charge in [-0.05, 0) is 31.2 Å². The molecular formula is C15H23NO2S. The summed E-state index contributed by atoms with van der Waals surface area (Å²) in [7, 11) is 1.44. The number of likely N-dealkylation sites (N-methyl/N-ethyl adjacent to an activating group) is 1. The first-order valence-corrected chi connectivity index (χ1v) is 7.77. The van der Waals surface area contributed by atoms with Gasteiger partial charge in [-0.3, -0.25) is 4.79 Å². The molecule has 0 aliphatic carbocycles. The average Bonchev–Trinajstić information content (AvgIpc) is 2.41. The lowest BCUT2D eigenvalue weighted by Crippen LogP contribution is -2.37. The molecule has 19 heavy (non-hydrogen) atoms. The lowest BCUT2D eigenvalue weighted by Gasteiger charge is -2.14. The molecule has 106 valence electrons. The van der Waals surface area contributed by atoms with E-state index in [2.05, 4.69) is 36.5 Å². The van der Waals surface area contributed by atoms with Gasteiger partial charge in [0.15, 0.2) is 0 Å². The minimum absolute atomic E-state index is 0.169. The Morgan fingerprint density at radius 3 is 2.89 bits per heavy atom. The van der Waals surface area contributed by atoms with Gasteiger partial charge in [0.05, 0.1) is 7.11 Å². The molecule has 0 amide bonds. The van der Waals surface area contributed by atoms with E-state index in [1.807, 2.05) is 18.7 Å². The molecule has 0 fully saturated rings. The van der Waals surface area contributed by atoms with Crippen molar-refractivity contribution < 1.29 is 9.53 Å². The highest BCUT2D eigenvalue weighted by Gasteiger charge is 2.16. The first kappa shape index (κ1) is 16.1. The molecule has 1 atom stereocenters. The van der Waals surface area contributed by atoms with E-state index in [-0.39, 0.29) is 12.0 Å². The Morgan fingerprint density at radius 2 is 2.26 bits per heavy atom. The molecule has 0 aliphatic heterocycles. The van der Waals surface area contributed by atoms with E-state index in [1.54, 1.807) is 0 Å². The smallest absolute Gasteiger partial charge is 0.322 e. The minimum Gasteiger partial charge on any atom is -0.468 e. The fraction of sp³-hybridized carbons (Fsp3) is 0.533. The molecule has 0 heterocycles. The molecule has 0 spiro atoms. The molecular weight excluding hydrogens is 258 g/mol. The van der Waals surface area contributed by atoms with E-state index in [0.717, 1.165) is 24.5 Å². The molecule has 0 aromatic heterocycles. The Labute approximate surface area is 120 Å². The number of hydrogen-bond acceptors (Lipinski definition) is 4. The summed E-state index contributed by atoms with van der Waals surface area (Å²) < 4.78 is 4.79. The largest absolute Gasteiger partial charge is 0.468 e. The van der Waals surface area contributed by atoms with Gasteiger partial charge in [0.2, 0.25) is 0 Å². The van der Waals surface area contributed by atoms with Crippen LogP contribution in [0.3, 0.4) is 0 Å². The number of benzene rings is 1. The Balaban J connectivity index is 2.30. The first-order valence-electron chi connectivity index (χ1n) is 6.62. The number of hydrogen-bond donors (Lipinski definition) is 1. The molecule has 1 unspecified atom stereocenters. The van der Waals surface area contributed by atoms with Crippen molar-refractivity contribution in [3.8, 4) is 0 Å². The van der Waals surface area contributed by atoms with Crippen molar-refractivity contribution in [1.29, 1.82) is 0 Å². The molecule has 4 heteroatoms. The van der Waals surface area contributed by atoms with Gasteiger partial charge >= 0.3 is 5.97 Å². The topological polar surface area (TPSA) is 38.3 Å². The Bertz CT molecular complexity index is 395. The number of carbonyl (C=O) groups is 1. The van der Waals surface area contributed by atoms with Crippen LogP contribution in [0.5, 0.6) is 0 Å². The van der Waals surface area contributed by atoms with Gasteiger partial charge in [-0.15, -0.1) is 0 Å². The molecule has 1 aromatic rings. The highest BCUT2D eigenvalue weighted by Crippen LogP contribution is 2.15.